The molecule has 0 bridgehead atoms. The van der Waals surface area contributed by atoms with Gasteiger partial charge in [-0.3, -0.25) is 0 Å². The molecule has 38 heavy (non-hydrogen) atoms. The van der Waals surface area contributed by atoms with Gasteiger partial charge in [0.05, 0.1) is 5.69 Å². The van der Waals surface area contributed by atoms with Gasteiger partial charge in [-0.05, 0) is 24.5 Å². The highest BCUT2D eigenvalue weighted by molar-refractivity contribution is 7.89. The fourth-order valence-corrected chi connectivity index (χ4v) is 8.24. The van der Waals surface area contributed by atoms with Crippen molar-refractivity contribution in [2.45, 2.75) is 42.9 Å². The standard InChI is InChI=1S/C25H24F5N5O2S/c26-19-9-21(33-11-17-18(12-33)24(17)34-13-31-32-14-34)20(27)8-16(19)10-35-23(25(28,29)30)7-6-22(38(35,36)37)15-4-2-1-3-5-15/h1-5,8-9,13-14,17-18,22-24H,6-7,10-12H2/t17-,18+,22-,23?,24+/m1/s1. The monoisotopic (exact) mass is 553 g/mol. The maximum atomic E-state index is 15.2. The van der Waals surface area contributed by atoms with Crippen molar-refractivity contribution in [3.63, 3.8) is 0 Å². The van der Waals surface area contributed by atoms with Crippen molar-refractivity contribution < 1.29 is 30.4 Å². The first-order valence-corrected chi connectivity index (χ1v) is 13.8. The number of benzene rings is 2. The zero-order chi connectivity index (χ0) is 26.8. The molecule has 0 radical (unpaired) electrons. The van der Waals surface area contributed by atoms with Crippen LogP contribution in [0.4, 0.5) is 27.6 Å². The normalized spacial score (nSPS) is 28.9. The number of fused-ring (bicyclic) bond motifs is 1. The summed E-state index contributed by atoms with van der Waals surface area (Å²) in [7, 11) is -4.53. The van der Waals surface area contributed by atoms with Crippen LogP contribution in [0.25, 0.3) is 0 Å². The number of aromatic nitrogens is 3. The molecule has 1 unspecified atom stereocenters. The molecule has 202 valence electrons. The first kappa shape index (κ1) is 25.2. The van der Waals surface area contributed by atoms with Crippen molar-refractivity contribution in [3.8, 4) is 0 Å². The van der Waals surface area contributed by atoms with E-state index in [1.54, 1.807) is 35.8 Å². The largest absolute Gasteiger partial charge is 0.405 e. The molecule has 1 aliphatic carbocycles. The summed E-state index contributed by atoms with van der Waals surface area (Å²) in [5.41, 5.74) is -0.0704. The van der Waals surface area contributed by atoms with Gasteiger partial charge in [-0.1, -0.05) is 30.3 Å². The lowest BCUT2D eigenvalue weighted by molar-refractivity contribution is -0.176. The van der Waals surface area contributed by atoms with Gasteiger partial charge in [-0.2, -0.15) is 17.5 Å². The minimum Gasteiger partial charge on any atom is -0.368 e. The summed E-state index contributed by atoms with van der Waals surface area (Å²) >= 11 is 0. The van der Waals surface area contributed by atoms with E-state index in [0.717, 1.165) is 12.1 Å². The van der Waals surface area contributed by atoms with E-state index in [9.17, 15) is 21.6 Å². The van der Waals surface area contributed by atoms with E-state index >= 15 is 8.78 Å². The van der Waals surface area contributed by atoms with E-state index in [0.29, 0.717) is 23.0 Å². The van der Waals surface area contributed by atoms with Gasteiger partial charge in [0.25, 0.3) is 0 Å². The molecule has 1 aromatic heterocycles. The fraction of sp³-hybridized carbons (Fsp3) is 0.440. The van der Waals surface area contributed by atoms with Crippen LogP contribution in [0, 0.1) is 23.5 Å². The summed E-state index contributed by atoms with van der Waals surface area (Å²) in [4.78, 5) is 1.71. The predicted molar refractivity (Wildman–Crippen MR) is 127 cm³/mol. The molecule has 3 fully saturated rings. The molecule has 3 aromatic rings. The molecule has 6 rings (SSSR count). The van der Waals surface area contributed by atoms with Crippen molar-refractivity contribution in [2.75, 3.05) is 18.0 Å². The molecule has 0 amide bonds. The van der Waals surface area contributed by atoms with Crippen LogP contribution >= 0.6 is 0 Å². The van der Waals surface area contributed by atoms with Crippen LogP contribution in [0.3, 0.4) is 0 Å². The van der Waals surface area contributed by atoms with Crippen LogP contribution in [-0.4, -0.2) is 52.8 Å². The molecule has 2 saturated heterocycles. The van der Waals surface area contributed by atoms with Crippen LogP contribution < -0.4 is 4.90 Å². The van der Waals surface area contributed by atoms with Gasteiger partial charge in [-0.25, -0.2) is 17.2 Å². The Morgan fingerprint density at radius 1 is 0.921 bits per heavy atom. The summed E-state index contributed by atoms with van der Waals surface area (Å²) in [6.07, 6.45) is -2.33. The molecule has 0 spiro atoms. The number of sulfonamides is 1. The van der Waals surface area contributed by atoms with E-state index in [4.69, 9.17) is 0 Å². The third-order valence-corrected chi connectivity index (χ3v) is 10.3. The Hall–Kier alpha value is -3.06. The quantitative estimate of drug-likeness (QED) is 0.437. The lowest BCUT2D eigenvalue weighted by atomic mass is 10.0. The second kappa shape index (κ2) is 9.01. The third-order valence-electron chi connectivity index (χ3n) is 8.00. The van der Waals surface area contributed by atoms with E-state index in [2.05, 4.69) is 10.2 Å². The van der Waals surface area contributed by atoms with E-state index in [-0.39, 0.29) is 30.0 Å². The molecule has 3 aliphatic rings. The van der Waals surface area contributed by atoms with Gasteiger partial charge in [0.2, 0.25) is 10.0 Å². The summed E-state index contributed by atoms with van der Waals surface area (Å²) < 4.78 is 101. The summed E-state index contributed by atoms with van der Waals surface area (Å²) in [6, 6.07) is 7.62. The Kier molecular flexibility index (Phi) is 5.98. The Balaban J connectivity index is 1.25. The molecule has 2 aliphatic heterocycles. The number of hydrogen-bond acceptors (Lipinski definition) is 5. The van der Waals surface area contributed by atoms with Gasteiger partial charge in [0.15, 0.2) is 0 Å². The summed E-state index contributed by atoms with van der Waals surface area (Å²) in [5, 5.41) is 6.39. The second-order valence-electron chi connectivity index (χ2n) is 10.2. The molecular formula is C25H24F5N5O2S. The van der Waals surface area contributed by atoms with Gasteiger partial charge in [0, 0.05) is 49.1 Å². The SMILES string of the molecule is O=S1(=O)[C@@H](c2ccccc2)CCC(C(F)(F)F)N1Cc1cc(F)c(N2C[C@@H]3[C@H](C2)[C@H]3n2cnnc2)cc1F. The van der Waals surface area contributed by atoms with Crippen LogP contribution in [0.15, 0.2) is 55.1 Å². The van der Waals surface area contributed by atoms with Crippen molar-refractivity contribution in [2.24, 2.45) is 11.8 Å². The highest BCUT2D eigenvalue weighted by atomic mass is 32.2. The minimum absolute atomic E-state index is 0.0111. The number of hydrogen-bond donors (Lipinski definition) is 0. The number of piperidine rings is 1. The molecule has 3 heterocycles. The average molecular weight is 554 g/mol. The van der Waals surface area contributed by atoms with Gasteiger partial charge >= 0.3 is 6.18 Å². The Bertz CT molecular complexity index is 1420. The second-order valence-corrected chi connectivity index (χ2v) is 12.2. The zero-order valence-electron chi connectivity index (χ0n) is 20.0. The first-order valence-electron chi connectivity index (χ1n) is 12.2. The number of halogens is 5. The van der Waals surface area contributed by atoms with Crippen molar-refractivity contribution in [3.05, 3.63) is 77.9 Å². The number of anilines is 1. The van der Waals surface area contributed by atoms with Crippen LogP contribution in [0.5, 0.6) is 0 Å². The highest BCUT2D eigenvalue weighted by Crippen LogP contribution is 2.56. The molecule has 1 saturated carbocycles. The van der Waals surface area contributed by atoms with Crippen LogP contribution in [0.1, 0.15) is 35.3 Å². The summed E-state index contributed by atoms with van der Waals surface area (Å²) in [6.45, 7) is 0.0527. The molecule has 5 atom stereocenters. The highest BCUT2D eigenvalue weighted by Gasteiger charge is 2.57. The molecule has 13 heteroatoms. The molecule has 2 aromatic carbocycles. The lowest BCUT2D eigenvalue weighted by Gasteiger charge is -2.40. The van der Waals surface area contributed by atoms with Crippen molar-refractivity contribution in [1.82, 2.24) is 19.1 Å². The van der Waals surface area contributed by atoms with E-state index < -0.39 is 57.7 Å². The Morgan fingerprint density at radius 2 is 1.58 bits per heavy atom. The average Bonchev–Trinajstić information content (AvgIpc) is 3.23. The maximum absolute atomic E-state index is 15.2. The molecule has 0 N–H and O–H groups in total. The van der Waals surface area contributed by atoms with Crippen LogP contribution in [-0.2, 0) is 16.6 Å². The van der Waals surface area contributed by atoms with E-state index in [1.165, 1.54) is 12.1 Å². The fourth-order valence-electron chi connectivity index (χ4n) is 6.08. The topological polar surface area (TPSA) is 71.3 Å². The number of nitrogens with zero attached hydrogens (tertiary/aromatic N) is 5. The predicted octanol–water partition coefficient (Wildman–Crippen LogP) is 4.46. The van der Waals surface area contributed by atoms with Crippen molar-refractivity contribution in [1.29, 1.82) is 0 Å². The van der Waals surface area contributed by atoms with Gasteiger partial charge in [0.1, 0.15) is 35.6 Å². The number of rotatable bonds is 5. The third kappa shape index (κ3) is 4.25. The summed E-state index contributed by atoms with van der Waals surface area (Å²) in [5.74, 6) is -1.29. The molecule has 7 nitrogen and oxygen atoms in total. The lowest BCUT2D eigenvalue weighted by Crippen LogP contribution is -2.52. The maximum Gasteiger partial charge on any atom is 0.405 e. The number of alkyl halides is 3. The molecular weight excluding hydrogens is 529 g/mol. The smallest absolute Gasteiger partial charge is 0.368 e. The van der Waals surface area contributed by atoms with Gasteiger partial charge < -0.3 is 9.47 Å². The Morgan fingerprint density at radius 3 is 2.21 bits per heavy atom. The van der Waals surface area contributed by atoms with Crippen molar-refractivity contribution >= 4 is 15.7 Å². The van der Waals surface area contributed by atoms with Crippen LogP contribution in [0.2, 0.25) is 0 Å². The zero-order valence-corrected chi connectivity index (χ0v) is 20.8. The van der Waals surface area contributed by atoms with Gasteiger partial charge in [-0.15, -0.1) is 10.2 Å². The Labute approximate surface area is 215 Å². The first-order chi connectivity index (χ1) is 18.1. The minimum atomic E-state index is -4.86. The van der Waals surface area contributed by atoms with E-state index in [1.807, 2.05) is 4.57 Å².